The van der Waals surface area contributed by atoms with Gasteiger partial charge in [0.15, 0.2) is 5.82 Å². The molecule has 0 saturated heterocycles. The number of aromatic nitrogens is 4. The van der Waals surface area contributed by atoms with Crippen LogP contribution >= 0.6 is 0 Å². The quantitative estimate of drug-likeness (QED) is 0.608. The molecule has 2 heterocycles. The SMILES string of the molecule is Cc1cccc(-c2nc3nc(C)cc(Nc4ccc(F)cc4)n3n2)c1. The Morgan fingerprint density at radius 2 is 1.76 bits per heavy atom. The number of hydrogen-bond acceptors (Lipinski definition) is 4. The lowest BCUT2D eigenvalue weighted by Crippen LogP contribution is -2.02. The number of fused-ring (bicyclic) bond motifs is 1. The van der Waals surface area contributed by atoms with Gasteiger partial charge in [-0.3, -0.25) is 0 Å². The van der Waals surface area contributed by atoms with Gasteiger partial charge in [0.2, 0.25) is 0 Å². The highest BCUT2D eigenvalue weighted by atomic mass is 19.1. The fourth-order valence-corrected chi connectivity index (χ4v) is 2.66. The first-order chi connectivity index (χ1) is 12.1. The summed E-state index contributed by atoms with van der Waals surface area (Å²) in [5, 5.41) is 7.83. The smallest absolute Gasteiger partial charge is 0.254 e. The largest absolute Gasteiger partial charge is 0.340 e. The molecule has 0 atom stereocenters. The standard InChI is InChI=1S/C19H16FN5/c1-12-4-3-5-14(10-12)18-23-19-21-13(2)11-17(25(19)24-18)22-16-8-6-15(20)7-9-16/h3-11,22H,1-2H3. The highest BCUT2D eigenvalue weighted by Gasteiger charge is 2.12. The van der Waals surface area contributed by atoms with Crippen LogP contribution in [0, 0.1) is 19.7 Å². The van der Waals surface area contributed by atoms with Gasteiger partial charge in [0, 0.05) is 23.0 Å². The second-order valence-electron chi connectivity index (χ2n) is 5.93. The molecule has 25 heavy (non-hydrogen) atoms. The lowest BCUT2D eigenvalue weighted by Gasteiger charge is -2.08. The van der Waals surface area contributed by atoms with E-state index < -0.39 is 0 Å². The van der Waals surface area contributed by atoms with Gasteiger partial charge < -0.3 is 5.32 Å². The van der Waals surface area contributed by atoms with Crippen molar-refractivity contribution in [2.75, 3.05) is 5.32 Å². The van der Waals surface area contributed by atoms with E-state index in [9.17, 15) is 4.39 Å². The Kier molecular flexibility index (Phi) is 3.65. The molecule has 0 bridgehead atoms. The minimum atomic E-state index is -0.274. The molecule has 4 rings (SSSR count). The van der Waals surface area contributed by atoms with Gasteiger partial charge in [-0.25, -0.2) is 9.37 Å². The van der Waals surface area contributed by atoms with E-state index in [0.717, 1.165) is 28.3 Å². The molecular formula is C19H16FN5. The number of nitrogens with zero attached hydrogens (tertiary/aromatic N) is 4. The normalized spacial score (nSPS) is 11.0. The molecule has 0 aliphatic heterocycles. The van der Waals surface area contributed by atoms with E-state index in [1.807, 2.05) is 44.2 Å². The first-order valence-corrected chi connectivity index (χ1v) is 7.92. The van der Waals surface area contributed by atoms with Gasteiger partial charge in [-0.05, 0) is 44.2 Å². The van der Waals surface area contributed by atoms with E-state index in [2.05, 4.69) is 20.4 Å². The van der Waals surface area contributed by atoms with Crippen molar-refractivity contribution >= 4 is 17.3 Å². The topological polar surface area (TPSA) is 55.1 Å². The molecule has 0 unspecified atom stereocenters. The minimum Gasteiger partial charge on any atom is -0.340 e. The maximum atomic E-state index is 13.1. The highest BCUT2D eigenvalue weighted by Crippen LogP contribution is 2.22. The average Bonchev–Trinajstić information content (AvgIpc) is 3.01. The Labute approximate surface area is 144 Å². The van der Waals surface area contributed by atoms with Gasteiger partial charge in [0.25, 0.3) is 5.78 Å². The van der Waals surface area contributed by atoms with Crippen molar-refractivity contribution in [3.05, 3.63) is 71.7 Å². The second-order valence-corrected chi connectivity index (χ2v) is 5.93. The lowest BCUT2D eigenvalue weighted by atomic mass is 10.1. The molecule has 0 saturated carbocycles. The van der Waals surface area contributed by atoms with Crippen molar-refractivity contribution in [3.63, 3.8) is 0 Å². The van der Waals surface area contributed by atoms with E-state index in [-0.39, 0.29) is 5.82 Å². The zero-order valence-corrected chi connectivity index (χ0v) is 13.9. The van der Waals surface area contributed by atoms with Crippen LogP contribution in [0.15, 0.2) is 54.6 Å². The Hall–Kier alpha value is -3.28. The third-order valence-corrected chi connectivity index (χ3v) is 3.83. The number of halogens is 1. The van der Waals surface area contributed by atoms with Crippen molar-refractivity contribution < 1.29 is 4.39 Å². The predicted octanol–water partition coefficient (Wildman–Crippen LogP) is 4.29. The Balaban J connectivity index is 1.80. The van der Waals surface area contributed by atoms with Gasteiger partial charge in [-0.1, -0.05) is 23.8 Å². The van der Waals surface area contributed by atoms with E-state index in [1.165, 1.54) is 12.1 Å². The van der Waals surface area contributed by atoms with Crippen molar-refractivity contribution in [2.45, 2.75) is 13.8 Å². The molecule has 0 aliphatic carbocycles. The van der Waals surface area contributed by atoms with Crippen LogP contribution < -0.4 is 5.32 Å². The summed E-state index contributed by atoms with van der Waals surface area (Å²) < 4.78 is 14.8. The summed E-state index contributed by atoms with van der Waals surface area (Å²) >= 11 is 0. The fourth-order valence-electron chi connectivity index (χ4n) is 2.66. The maximum Gasteiger partial charge on any atom is 0.254 e. The first kappa shape index (κ1) is 15.3. The number of benzene rings is 2. The third kappa shape index (κ3) is 3.06. The van der Waals surface area contributed by atoms with Crippen LogP contribution in [0.3, 0.4) is 0 Å². The summed E-state index contributed by atoms with van der Waals surface area (Å²) in [6, 6.07) is 16.1. The van der Waals surface area contributed by atoms with Gasteiger partial charge in [0.05, 0.1) is 0 Å². The highest BCUT2D eigenvalue weighted by molar-refractivity contribution is 5.62. The molecule has 0 radical (unpaired) electrons. The Bertz CT molecular complexity index is 1050. The number of rotatable bonds is 3. The van der Waals surface area contributed by atoms with Crippen molar-refractivity contribution in [3.8, 4) is 11.4 Å². The molecule has 0 amide bonds. The van der Waals surface area contributed by atoms with Crippen LogP contribution in [0.5, 0.6) is 0 Å². The Morgan fingerprint density at radius 1 is 0.960 bits per heavy atom. The van der Waals surface area contributed by atoms with Crippen LogP contribution in [0.4, 0.5) is 15.9 Å². The summed E-state index contributed by atoms with van der Waals surface area (Å²) in [5.74, 6) is 1.58. The number of aryl methyl sites for hydroxylation is 2. The molecular weight excluding hydrogens is 317 g/mol. The third-order valence-electron chi connectivity index (χ3n) is 3.83. The molecule has 0 spiro atoms. The molecule has 2 aromatic carbocycles. The van der Waals surface area contributed by atoms with E-state index in [1.54, 1.807) is 16.6 Å². The monoisotopic (exact) mass is 333 g/mol. The molecule has 2 aromatic heterocycles. The van der Waals surface area contributed by atoms with Gasteiger partial charge >= 0.3 is 0 Å². The van der Waals surface area contributed by atoms with Crippen molar-refractivity contribution in [2.24, 2.45) is 0 Å². The average molecular weight is 333 g/mol. The van der Waals surface area contributed by atoms with E-state index >= 15 is 0 Å². The summed E-state index contributed by atoms with van der Waals surface area (Å²) in [6.45, 7) is 3.93. The van der Waals surface area contributed by atoms with Crippen molar-refractivity contribution in [1.29, 1.82) is 0 Å². The molecule has 4 aromatic rings. The number of anilines is 2. The summed E-state index contributed by atoms with van der Waals surface area (Å²) in [5.41, 5.74) is 3.67. The number of hydrogen-bond donors (Lipinski definition) is 1. The molecule has 0 aliphatic rings. The Morgan fingerprint density at radius 3 is 2.52 bits per heavy atom. The van der Waals surface area contributed by atoms with Crippen LogP contribution in [-0.2, 0) is 0 Å². The predicted molar refractivity (Wildman–Crippen MR) is 95.4 cm³/mol. The van der Waals surface area contributed by atoms with Crippen LogP contribution in [-0.4, -0.2) is 19.6 Å². The summed E-state index contributed by atoms with van der Waals surface area (Å²) in [7, 11) is 0. The zero-order chi connectivity index (χ0) is 17.4. The van der Waals surface area contributed by atoms with E-state index in [4.69, 9.17) is 0 Å². The minimum absolute atomic E-state index is 0.274. The fraction of sp³-hybridized carbons (Fsp3) is 0.105. The maximum absolute atomic E-state index is 13.1. The first-order valence-electron chi connectivity index (χ1n) is 7.92. The molecule has 124 valence electrons. The molecule has 0 fully saturated rings. The molecule has 1 N–H and O–H groups in total. The van der Waals surface area contributed by atoms with Crippen LogP contribution in [0.1, 0.15) is 11.3 Å². The summed E-state index contributed by atoms with van der Waals surface area (Å²) in [6.07, 6.45) is 0. The second kappa shape index (κ2) is 5.98. The van der Waals surface area contributed by atoms with E-state index in [0.29, 0.717) is 11.6 Å². The van der Waals surface area contributed by atoms with Gasteiger partial charge in [-0.15, -0.1) is 5.10 Å². The molecule has 6 heteroatoms. The van der Waals surface area contributed by atoms with Crippen molar-refractivity contribution in [1.82, 2.24) is 19.6 Å². The van der Waals surface area contributed by atoms with Gasteiger partial charge in [-0.2, -0.15) is 9.50 Å². The summed E-state index contributed by atoms with van der Waals surface area (Å²) in [4.78, 5) is 8.99. The molecule has 5 nitrogen and oxygen atoms in total. The van der Waals surface area contributed by atoms with Crippen LogP contribution in [0.2, 0.25) is 0 Å². The lowest BCUT2D eigenvalue weighted by molar-refractivity contribution is 0.628. The zero-order valence-electron chi connectivity index (χ0n) is 13.9. The van der Waals surface area contributed by atoms with Crippen LogP contribution in [0.25, 0.3) is 17.2 Å². The number of nitrogens with one attached hydrogen (secondary N) is 1. The van der Waals surface area contributed by atoms with Gasteiger partial charge in [0.1, 0.15) is 11.6 Å².